The lowest BCUT2D eigenvalue weighted by atomic mass is 9.86. The molecule has 2 aromatic carbocycles. The predicted octanol–water partition coefficient (Wildman–Crippen LogP) is 6.12. The number of aromatic nitrogens is 2. The second-order valence-corrected chi connectivity index (χ2v) is 11.3. The summed E-state index contributed by atoms with van der Waals surface area (Å²) >= 11 is 0. The van der Waals surface area contributed by atoms with Crippen molar-refractivity contribution in [3.05, 3.63) is 59.9 Å². The summed E-state index contributed by atoms with van der Waals surface area (Å²) in [6.07, 6.45) is 1.77. The number of nitrogens with two attached hydrogens (primary N) is 1. The quantitative estimate of drug-likeness (QED) is 0.254. The number of ether oxygens (including phenoxy) is 1. The van der Waals surface area contributed by atoms with Crippen molar-refractivity contribution in [3.8, 4) is 23.0 Å². The van der Waals surface area contributed by atoms with Crippen LogP contribution in [0.2, 0.25) is 0 Å². The SMILES string of the molecule is CCOC1CCN(c2ccc(-n3nc(NC[C@H]4CCC[C@H](N)C4)cc3-c3ccc(C#N)c(F)c3)cc2)CC1.O=C(O)C(F)(F)F. The Hall–Kier alpha value is -4.15. The molecule has 9 nitrogen and oxygen atoms in total. The second kappa shape index (κ2) is 15.2. The number of carboxylic acid groups (broad SMARTS) is 1. The lowest BCUT2D eigenvalue weighted by molar-refractivity contribution is -0.192. The standard InChI is InChI=1S/C30H37FN6O.C2HF3O2/c1-2-38-27-12-14-36(15-13-27)25-8-10-26(11-9-25)37-29(22-6-7-23(19-32)28(31)17-22)18-30(35-37)34-20-21-4-3-5-24(33)16-21;3-2(4,5)1(6)7/h6-11,17-18,21,24,27H,2-5,12-16,20,33H2,1H3,(H,34,35);(H,6,7)/t21-,24-;/m0./s1. The average Bonchev–Trinajstić information content (AvgIpc) is 3.45. The van der Waals surface area contributed by atoms with Gasteiger partial charge in [-0.3, -0.25) is 0 Å². The molecule has 45 heavy (non-hydrogen) atoms. The van der Waals surface area contributed by atoms with Gasteiger partial charge < -0.3 is 25.8 Å². The van der Waals surface area contributed by atoms with Gasteiger partial charge in [0.05, 0.1) is 23.0 Å². The van der Waals surface area contributed by atoms with E-state index >= 15 is 0 Å². The minimum absolute atomic E-state index is 0.0317. The van der Waals surface area contributed by atoms with Crippen molar-refractivity contribution in [2.45, 2.75) is 63.8 Å². The molecule has 1 saturated carbocycles. The molecule has 2 aliphatic rings. The van der Waals surface area contributed by atoms with Crippen LogP contribution < -0.4 is 16.0 Å². The normalized spacial score (nSPS) is 18.9. The lowest BCUT2D eigenvalue weighted by Crippen LogP contribution is -2.37. The van der Waals surface area contributed by atoms with E-state index in [-0.39, 0.29) is 11.6 Å². The molecule has 0 amide bonds. The first-order valence-corrected chi connectivity index (χ1v) is 15.0. The van der Waals surface area contributed by atoms with Gasteiger partial charge in [-0.15, -0.1) is 5.10 Å². The predicted molar refractivity (Wildman–Crippen MR) is 163 cm³/mol. The minimum Gasteiger partial charge on any atom is -0.475 e. The number of rotatable bonds is 8. The number of nitriles is 1. The van der Waals surface area contributed by atoms with Crippen LogP contribution in [0.5, 0.6) is 0 Å². The molecule has 2 atom stereocenters. The Kier molecular flexibility index (Phi) is 11.4. The van der Waals surface area contributed by atoms with Crippen molar-refractivity contribution in [1.82, 2.24) is 9.78 Å². The van der Waals surface area contributed by atoms with Gasteiger partial charge in [0, 0.05) is 49.6 Å². The molecule has 3 aromatic rings. The summed E-state index contributed by atoms with van der Waals surface area (Å²) in [5.74, 6) is -2.03. The summed E-state index contributed by atoms with van der Waals surface area (Å²) in [5, 5.41) is 24.6. The van der Waals surface area contributed by atoms with Crippen molar-refractivity contribution in [3.63, 3.8) is 0 Å². The van der Waals surface area contributed by atoms with Gasteiger partial charge in [0.25, 0.3) is 0 Å². The monoisotopic (exact) mass is 630 g/mol. The highest BCUT2D eigenvalue weighted by Gasteiger charge is 2.38. The van der Waals surface area contributed by atoms with Crippen molar-refractivity contribution in [2.75, 3.05) is 36.5 Å². The van der Waals surface area contributed by atoms with Crippen LogP contribution in [-0.4, -0.2) is 65.4 Å². The minimum atomic E-state index is -5.08. The maximum atomic E-state index is 14.5. The summed E-state index contributed by atoms with van der Waals surface area (Å²) < 4.78 is 53.9. The van der Waals surface area contributed by atoms with Gasteiger partial charge in [0.15, 0.2) is 0 Å². The molecule has 0 bridgehead atoms. The van der Waals surface area contributed by atoms with Crippen LogP contribution in [0, 0.1) is 23.1 Å². The van der Waals surface area contributed by atoms with E-state index in [2.05, 4.69) is 34.5 Å². The van der Waals surface area contributed by atoms with Gasteiger partial charge in [-0.1, -0.05) is 12.5 Å². The Bertz CT molecular complexity index is 1460. The molecule has 2 fully saturated rings. The number of nitrogens with zero attached hydrogens (tertiary/aromatic N) is 4. The van der Waals surface area contributed by atoms with Crippen LogP contribution in [0.4, 0.5) is 29.1 Å². The van der Waals surface area contributed by atoms with Gasteiger partial charge in [-0.2, -0.15) is 18.4 Å². The Morgan fingerprint density at radius 2 is 1.78 bits per heavy atom. The highest BCUT2D eigenvalue weighted by atomic mass is 19.4. The van der Waals surface area contributed by atoms with E-state index in [1.807, 2.05) is 23.7 Å². The smallest absolute Gasteiger partial charge is 0.475 e. The summed E-state index contributed by atoms with van der Waals surface area (Å²) in [6, 6.07) is 17.2. The topological polar surface area (TPSA) is 129 Å². The number of anilines is 2. The molecule has 1 saturated heterocycles. The van der Waals surface area contributed by atoms with Crippen molar-refractivity contribution in [1.29, 1.82) is 5.26 Å². The number of hydrogen-bond acceptors (Lipinski definition) is 7. The molecule has 13 heteroatoms. The first-order valence-electron chi connectivity index (χ1n) is 15.0. The van der Waals surface area contributed by atoms with Crippen molar-refractivity contribution < 1.29 is 32.2 Å². The fourth-order valence-corrected chi connectivity index (χ4v) is 5.72. The van der Waals surface area contributed by atoms with Gasteiger partial charge >= 0.3 is 12.1 Å². The molecular weight excluding hydrogens is 592 g/mol. The summed E-state index contributed by atoms with van der Waals surface area (Å²) in [5.41, 5.74) is 9.72. The highest BCUT2D eigenvalue weighted by Crippen LogP contribution is 2.30. The first kappa shape index (κ1) is 33.7. The second-order valence-electron chi connectivity index (χ2n) is 11.3. The van der Waals surface area contributed by atoms with Crippen LogP contribution in [-0.2, 0) is 9.53 Å². The maximum Gasteiger partial charge on any atom is 0.490 e. The number of hydrogen-bond donors (Lipinski definition) is 3. The lowest BCUT2D eigenvalue weighted by Gasteiger charge is -2.33. The fourth-order valence-electron chi connectivity index (χ4n) is 5.72. The molecule has 1 aromatic heterocycles. The van der Waals surface area contributed by atoms with Crippen molar-refractivity contribution in [2.24, 2.45) is 11.7 Å². The molecule has 0 unspecified atom stereocenters. The van der Waals surface area contributed by atoms with E-state index in [9.17, 15) is 17.6 Å². The third-order valence-corrected chi connectivity index (χ3v) is 8.04. The third-order valence-electron chi connectivity index (χ3n) is 8.04. The van der Waals surface area contributed by atoms with Gasteiger partial charge in [-0.05, 0) is 81.3 Å². The van der Waals surface area contributed by atoms with E-state index in [4.69, 9.17) is 30.7 Å². The highest BCUT2D eigenvalue weighted by molar-refractivity contribution is 5.73. The fraction of sp³-hybridized carbons (Fsp3) is 0.469. The molecule has 2 heterocycles. The van der Waals surface area contributed by atoms with Gasteiger partial charge in [0.1, 0.15) is 17.7 Å². The zero-order valence-electron chi connectivity index (χ0n) is 25.1. The Morgan fingerprint density at radius 1 is 1.11 bits per heavy atom. The molecule has 0 spiro atoms. The van der Waals surface area contributed by atoms with E-state index in [1.54, 1.807) is 6.07 Å². The van der Waals surface area contributed by atoms with Crippen LogP contribution in [0.25, 0.3) is 16.9 Å². The average molecular weight is 631 g/mol. The number of benzene rings is 2. The summed E-state index contributed by atoms with van der Waals surface area (Å²) in [4.78, 5) is 11.3. The van der Waals surface area contributed by atoms with E-state index in [1.165, 1.54) is 24.2 Å². The van der Waals surface area contributed by atoms with Gasteiger partial charge in [0.2, 0.25) is 0 Å². The Morgan fingerprint density at radius 3 is 2.36 bits per heavy atom. The number of halogens is 4. The Balaban J connectivity index is 0.000000591. The summed E-state index contributed by atoms with van der Waals surface area (Å²) in [6.45, 7) is 5.57. The molecule has 1 aliphatic carbocycles. The number of carbonyl (C=O) groups is 1. The number of nitrogens with one attached hydrogen (secondary N) is 1. The number of alkyl halides is 3. The zero-order valence-corrected chi connectivity index (χ0v) is 25.1. The van der Waals surface area contributed by atoms with E-state index < -0.39 is 18.0 Å². The molecule has 0 radical (unpaired) electrons. The Labute approximate surface area is 259 Å². The molecule has 4 N–H and O–H groups in total. The van der Waals surface area contributed by atoms with Crippen molar-refractivity contribution >= 4 is 17.5 Å². The van der Waals surface area contributed by atoms with Crippen LogP contribution in [0.1, 0.15) is 51.0 Å². The molecule has 5 rings (SSSR count). The molecular formula is C32H38F4N6O3. The summed E-state index contributed by atoms with van der Waals surface area (Å²) in [7, 11) is 0. The third kappa shape index (κ3) is 9.18. The molecule has 1 aliphatic heterocycles. The maximum absolute atomic E-state index is 14.5. The molecule has 242 valence electrons. The van der Waals surface area contributed by atoms with Crippen LogP contribution >= 0.6 is 0 Å². The first-order chi connectivity index (χ1) is 21.5. The van der Waals surface area contributed by atoms with Crippen LogP contribution in [0.15, 0.2) is 48.5 Å². The number of carboxylic acids is 1. The van der Waals surface area contributed by atoms with E-state index in [0.29, 0.717) is 17.6 Å². The largest absolute Gasteiger partial charge is 0.490 e. The van der Waals surface area contributed by atoms with Gasteiger partial charge in [-0.25, -0.2) is 13.9 Å². The number of aliphatic carboxylic acids is 1. The van der Waals surface area contributed by atoms with E-state index in [0.717, 1.165) is 75.5 Å². The zero-order chi connectivity index (χ0) is 32.6. The van der Waals surface area contributed by atoms with Crippen LogP contribution in [0.3, 0.4) is 0 Å². The number of piperidine rings is 1.